The van der Waals surface area contributed by atoms with Crippen LogP contribution >= 0.6 is 0 Å². The summed E-state index contributed by atoms with van der Waals surface area (Å²) in [6, 6.07) is 1.38. The lowest BCUT2D eigenvalue weighted by Crippen LogP contribution is -1.79. The van der Waals surface area contributed by atoms with E-state index in [4.69, 9.17) is 7.85 Å². The molecule has 1 aromatic heterocycles. The van der Waals surface area contributed by atoms with Crippen molar-refractivity contribution in [2.75, 3.05) is 0 Å². The van der Waals surface area contributed by atoms with Gasteiger partial charge in [0.05, 0.1) is 15.0 Å². The van der Waals surface area contributed by atoms with E-state index in [0.717, 1.165) is 0 Å². The predicted octanol–water partition coefficient (Wildman–Crippen LogP) is -0.0980. The Bertz CT molecular complexity index is 179. The maximum atomic E-state index is 8.64. The first-order valence-corrected chi connectivity index (χ1v) is 1.83. The SMILES string of the molecule is [2H]C([2H])(O)c1ccn[nH]1. The zero-order valence-corrected chi connectivity index (χ0v) is 3.55. The van der Waals surface area contributed by atoms with E-state index in [0.29, 0.717) is 0 Å². The molecule has 0 atom stereocenters. The van der Waals surface area contributed by atoms with Gasteiger partial charge in [-0.3, -0.25) is 5.10 Å². The molecule has 1 rings (SSSR count). The highest BCUT2D eigenvalue weighted by molar-refractivity contribution is 4.94. The fourth-order valence-electron chi connectivity index (χ4n) is 0.318. The van der Waals surface area contributed by atoms with E-state index in [1.54, 1.807) is 0 Å². The summed E-state index contributed by atoms with van der Waals surface area (Å²) < 4.78 is 13.5. The summed E-state index contributed by atoms with van der Waals surface area (Å²) in [6.07, 6.45) is 1.38. The molecule has 0 saturated carbocycles. The third-order valence-corrected chi connectivity index (χ3v) is 0.621. The van der Waals surface area contributed by atoms with Gasteiger partial charge in [0.25, 0.3) is 0 Å². The standard InChI is InChI=1S/C4H6N2O/c7-3-4-1-2-5-6-4/h1-2,7H,3H2,(H,5,6)/i3D2. The van der Waals surface area contributed by atoms with Gasteiger partial charge in [-0.2, -0.15) is 5.10 Å². The third-order valence-electron chi connectivity index (χ3n) is 0.621. The Balaban J connectivity index is 2.90. The predicted molar refractivity (Wildman–Crippen MR) is 24.5 cm³/mol. The van der Waals surface area contributed by atoms with Crippen LogP contribution in [0, 0.1) is 0 Å². The highest BCUT2D eigenvalue weighted by atomic mass is 16.3. The van der Waals surface area contributed by atoms with Crippen LogP contribution in [0.3, 0.4) is 0 Å². The van der Waals surface area contributed by atoms with Crippen molar-refractivity contribution < 1.29 is 7.85 Å². The first-order valence-electron chi connectivity index (χ1n) is 2.83. The molecule has 3 heteroatoms. The molecule has 38 valence electrons. The third kappa shape index (κ3) is 0.778. The van der Waals surface area contributed by atoms with Gasteiger partial charge in [-0.05, 0) is 6.07 Å². The zero-order valence-electron chi connectivity index (χ0n) is 5.55. The molecule has 0 saturated heterocycles. The molecule has 0 aliphatic rings. The second-order valence-electron chi connectivity index (χ2n) is 1.08. The van der Waals surface area contributed by atoms with E-state index in [2.05, 4.69) is 10.2 Å². The van der Waals surface area contributed by atoms with Gasteiger partial charge in [-0.25, -0.2) is 0 Å². The fraction of sp³-hybridized carbons (Fsp3) is 0.250. The molecule has 0 fully saturated rings. The van der Waals surface area contributed by atoms with E-state index in [-0.39, 0.29) is 5.69 Å². The molecule has 0 bridgehead atoms. The number of H-pyrrole nitrogens is 1. The smallest absolute Gasteiger partial charge is 0.0847 e. The highest BCUT2D eigenvalue weighted by Crippen LogP contribution is 1.86. The van der Waals surface area contributed by atoms with E-state index in [9.17, 15) is 0 Å². The molecule has 2 N–H and O–H groups in total. The van der Waals surface area contributed by atoms with E-state index >= 15 is 0 Å². The van der Waals surface area contributed by atoms with Crippen molar-refractivity contribution in [1.82, 2.24) is 10.2 Å². The van der Waals surface area contributed by atoms with E-state index < -0.39 is 6.56 Å². The van der Waals surface area contributed by atoms with Crippen LogP contribution in [-0.4, -0.2) is 15.3 Å². The summed E-state index contributed by atoms with van der Waals surface area (Å²) in [5.74, 6) is 0. The van der Waals surface area contributed by atoms with Crippen molar-refractivity contribution in [2.24, 2.45) is 0 Å². The van der Waals surface area contributed by atoms with Crippen molar-refractivity contribution >= 4 is 0 Å². The van der Waals surface area contributed by atoms with E-state index in [1.807, 2.05) is 0 Å². The lowest BCUT2D eigenvalue weighted by molar-refractivity contribution is 0.276. The topological polar surface area (TPSA) is 48.9 Å². The summed E-state index contributed by atoms with van der Waals surface area (Å²) in [5, 5.41) is 14.4. The second kappa shape index (κ2) is 1.75. The average Bonchev–Trinajstić information content (AvgIpc) is 2.08. The lowest BCUT2D eigenvalue weighted by atomic mass is 10.5. The van der Waals surface area contributed by atoms with Gasteiger partial charge < -0.3 is 5.11 Å². The number of nitrogens with one attached hydrogen (secondary N) is 1. The Morgan fingerprint density at radius 3 is 3.29 bits per heavy atom. The van der Waals surface area contributed by atoms with Crippen LogP contribution in [-0.2, 0) is 6.56 Å². The Hall–Kier alpha value is -0.830. The van der Waals surface area contributed by atoms with Crippen molar-refractivity contribution in [3.8, 4) is 0 Å². The van der Waals surface area contributed by atoms with Crippen LogP contribution < -0.4 is 0 Å². The summed E-state index contributed by atoms with van der Waals surface area (Å²) in [4.78, 5) is 0. The number of aliphatic hydroxyl groups is 1. The lowest BCUT2D eigenvalue weighted by Gasteiger charge is -1.79. The Labute approximate surface area is 43.8 Å². The Morgan fingerprint density at radius 2 is 3.00 bits per heavy atom. The molecule has 0 radical (unpaired) electrons. The molecule has 0 unspecified atom stereocenters. The number of aromatic nitrogens is 2. The minimum absolute atomic E-state index is 0.0718. The van der Waals surface area contributed by atoms with Gasteiger partial charge in [0.1, 0.15) is 0 Å². The monoisotopic (exact) mass is 100 g/mol. The van der Waals surface area contributed by atoms with Gasteiger partial charge in [0.2, 0.25) is 0 Å². The molecule has 3 nitrogen and oxygen atoms in total. The number of rotatable bonds is 1. The maximum absolute atomic E-state index is 8.64. The molecule has 1 heterocycles. The average molecular weight is 100 g/mol. The van der Waals surface area contributed by atoms with Crippen LogP contribution in [0.15, 0.2) is 12.3 Å². The largest absolute Gasteiger partial charge is 0.390 e. The molecule has 0 amide bonds. The maximum Gasteiger partial charge on any atom is 0.0847 e. The number of nitrogens with zero attached hydrogens (tertiary/aromatic N) is 1. The molecular weight excluding hydrogens is 92.1 g/mol. The molecule has 0 aliphatic heterocycles. The zero-order chi connectivity index (χ0) is 6.91. The van der Waals surface area contributed by atoms with Crippen molar-refractivity contribution in [2.45, 2.75) is 6.56 Å². The Kier molecular flexibility index (Phi) is 0.617. The molecule has 0 spiro atoms. The van der Waals surface area contributed by atoms with Crippen LogP contribution in [0.2, 0.25) is 0 Å². The van der Waals surface area contributed by atoms with E-state index in [1.165, 1.54) is 12.3 Å². The number of aromatic amines is 1. The van der Waals surface area contributed by atoms with Crippen molar-refractivity contribution in [1.29, 1.82) is 0 Å². The summed E-state index contributed by atoms with van der Waals surface area (Å²) in [5.41, 5.74) is 0.0718. The fourth-order valence-corrected chi connectivity index (χ4v) is 0.318. The van der Waals surface area contributed by atoms with Gasteiger partial charge in [-0.15, -0.1) is 0 Å². The summed E-state index contributed by atoms with van der Waals surface area (Å²) in [7, 11) is 0. The second-order valence-corrected chi connectivity index (χ2v) is 1.08. The molecule has 7 heavy (non-hydrogen) atoms. The highest BCUT2D eigenvalue weighted by Gasteiger charge is 1.83. The van der Waals surface area contributed by atoms with Crippen LogP contribution in [0.5, 0.6) is 0 Å². The van der Waals surface area contributed by atoms with Gasteiger partial charge >= 0.3 is 0 Å². The normalized spacial score (nSPS) is 15.6. The molecule has 0 aromatic carbocycles. The van der Waals surface area contributed by atoms with Gasteiger partial charge in [0.15, 0.2) is 0 Å². The van der Waals surface area contributed by atoms with Crippen LogP contribution in [0.25, 0.3) is 0 Å². The van der Waals surface area contributed by atoms with Crippen LogP contribution in [0.4, 0.5) is 0 Å². The summed E-state index contributed by atoms with van der Waals surface area (Å²) >= 11 is 0. The number of hydrogen-bond donors (Lipinski definition) is 2. The Morgan fingerprint density at radius 1 is 2.14 bits per heavy atom. The molecule has 1 aromatic rings. The van der Waals surface area contributed by atoms with Crippen LogP contribution in [0.1, 0.15) is 8.44 Å². The van der Waals surface area contributed by atoms with Crippen molar-refractivity contribution in [3.05, 3.63) is 18.0 Å². The quantitative estimate of drug-likeness (QED) is 0.517. The molecule has 0 aliphatic carbocycles. The molecular formula is C4H6N2O. The minimum Gasteiger partial charge on any atom is -0.390 e. The van der Waals surface area contributed by atoms with Gasteiger partial charge in [-0.1, -0.05) is 0 Å². The first-order chi connectivity index (χ1) is 4.11. The van der Waals surface area contributed by atoms with Crippen molar-refractivity contribution in [3.63, 3.8) is 0 Å². The first kappa shape index (κ1) is 2.47. The minimum atomic E-state index is -2.30. The van der Waals surface area contributed by atoms with Gasteiger partial charge in [0, 0.05) is 6.20 Å². The summed E-state index contributed by atoms with van der Waals surface area (Å²) in [6.45, 7) is -2.30. The number of hydrogen-bond acceptors (Lipinski definition) is 2.